The molecular weight excluding hydrogens is 737 g/mol. The Morgan fingerprint density at radius 1 is 0.262 bits per heavy atom. The summed E-state index contributed by atoms with van der Waals surface area (Å²) in [6.45, 7) is 0. The summed E-state index contributed by atoms with van der Waals surface area (Å²) in [7, 11) is 0. The standard InChI is InChI=1S/C59H40N2/c1-7-21-41(22-8-1)46-38-50(45-35-36-54-51(37-45)49-33-19-20-34-53(49)59(54,47-29-15-5-16-30-47)48-31-17-6-18-32-48)57(44-27-13-4-14-28-44)52(39-46)58-60-55(42-23-9-2-10-24-42)40-56(61-58)43-25-11-3-12-26-43/h1-40H. The molecule has 0 bridgehead atoms. The van der Waals surface area contributed by atoms with E-state index in [1.54, 1.807) is 0 Å². The van der Waals surface area contributed by atoms with Crippen molar-refractivity contribution in [3.63, 3.8) is 0 Å². The van der Waals surface area contributed by atoms with Crippen LogP contribution in [0.4, 0.5) is 0 Å². The first-order chi connectivity index (χ1) is 30.3. The summed E-state index contributed by atoms with van der Waals surface area (Å²) in [5, 5.41) is 0. The van der Waals surface area contributed by atoms with E-state index >= 15 is 0 Å². The average Bonchev–Trinajstić information content (AvgIpc) is 3.65. The van der Waals surface area contributed by atoms with E-state index in [4.69, 9.17) is 9.97 Å². The molecule has 1 aliphatic carbocycles. The van der Waals surface area contributed by atoms with Gasteiger partial charge < -0.3 is 0 Å². The predicted molar refractivity (Wildman–Crippen MR) is 252 cm³/mol. The molecule has 9 aromatic carbocycles. The maximum Gasteiger partial charge on any atom is 0.161 e. The lowest BCUT2D eigenvalue weighted by Crippen LogP contribution is -2.28. The number of aromatic nitrogens is 2. The summed E-state index contributed by atoms with van der Waals surface area (Å²) < 4.78 is 0. The second kappa shape index (κ2) is 15.3. The van der Waals surface area contributed by atoms with Crippen molar-refractivity contribution in [3.8, 4) is 78.4 Å². The molecular formula is C59H40N2. The third kappa shape index (κ3) is 6.29. The molecule has 2 nitrogen and oxygen atoms in total. The molecule has 11 rings (SSSR count). The van der Waals surface area contributed by atoms with Crippen molar-refractivity contribution in [3.05, 3.63) is 265 Å². The SMILES string of the molecule is c1ccc(-c2cc(-c3ccc4c(c3)-c3ccccc3C4(c3ccccc3)c3ccccc3)c(-c3ccccc3)c(-c3nc(-c4ccccc4)cc(-c4ccccc4)n3)c2)cc1. The summed E-state index contributed by atoms with van der Waals surface area (Å²) in [6, 6.07) is 87.2. The first-order valence-electron chi connectivity index (χ1n) is 20.9. The molecule has 0 fully saturated rings. The molecule has 0 N–H and O–H groups in total. The van der Waals surface area contributed by atoms with E-state index in [-0.39, 0.29) is 0 Å². The molecule has 0 saturated heterocycles. The van der Waals surface area contributed by atoms with E-state index in [2.05, 4.69) is 231 Å². The normalized spacial score (nSPS) is 12.4. The zero-order valence-corrected chi connectivity index (χ0v) is 33.5. The van der Waals surface area contributed by atoms with Crippen LogP contribution in [-0.2, 0) is 5.41 Å². The average molecular weight is 777 g/mol. The fourth-order valence-electron chi connectivity index (χ4n) is 9.46. The topological polar surface area (TPSA) is 25.8 Å². The van der Waals surface area contributed by atoms with Gasteiger partial charge in [0, 0.05) is 22.3 Å². The highest BCUT2D eigenvalue weighted by Crippen LogP contribution is 2.57. The number of hydrogen-bond acceptors (Lipinski definition) is 2. The molecule has 0 aliphatic heterocycles. The van der Waals surface area contributed by atoms with Gasteiger partial charge in [0.25, 0.3) is 0 Å². The van der Waals surface area contributed by atoms with Crippen LogP contribution in [0.3, 0.4) is 0 Å². The summed E-state index contributed by atoms with van der Waals surface area (Å²) in [5.74, 6) is 0.678. The van der Waals surface area contributed by atoms with Gasteiger partial charge in [-0.15, -0.1) is 0 Å². The Kier molecular flexibility index (Phi) is 9.09. The molecule has 10 aromatic rings. The maximum absolute atomic E-state index is 5.42. The van der Waals surface area contributed by atoms with Gasteiger partial charge in [0.1, 0.15) is 0 Å². The second-order valence-corrected chi connectivity index (χ2v) is 15.7. The molecule has 1 aliphatic rings. The molecule has 0 spiro atoms. The number of hydrogen-bond donors (Lipinski definition) is 0. The quantitative estimate of drug-likeness (QED) is 0.154. The van der Waals surface area contributed by atoms with Gasteiger partial charge in [-0.05, 0) is 85.5 Å². The smallest absolute Gasteiger partial charge is 0.161 e. The Morgan fingerprint density at radius 2 is 0.689 bits per heavy atom. The Balaban J connectivity index is 1.22. The molecule has 286 valence electrons. The third-order valence-electron chi connectivity index (χ3n) is 12.2. The first-order valence-corrected chi connectivity index (χ1v) is 20.9. The molecule has 0 saturated carbocycles. The highest BCUT2D eigenvalue weighted by molar-refractivity contribution is 5.99. The van der Waals surface area contributed by atoms with Crippen molar-refractivity contribution in [1.82, 2.24) is 9.97 Å². The van der Waals surface area contributed by atoms with Crippen molar-refractivity contribution in [2.24, 2.45) is 0 Å². The minimum atomic E-state index is -0.480. The van der Waals surface area contributed by atoms with Gasteiger partial charge in [0.2, 0.25) is 0 Å². The second-order valence-electron chi connectivity index (χ2n) is 15.7. The van der Waals surface area contributed by atoms with Gasteiger partial charge in [-0.25, -0.2) is 9.97 Å². The van der Waals surface area contributed by atoms with Crippen LogP contribution in [0.2, 0.25) is 0 Å². The van der Waals surface area contributed by atoms with Crippen molar-refractivity contribution >= 4 is 0 Å². The summed E-state index contributed by atoms with van der Waals surface area (Å²) >= 11 is 0. The molecule has 61 heavy (non-hydrogen) atoms. The molecule has 0 unspecified atom stereocenters. The maximum atomic E-state index is 5.42. The first kappa shape index (κ1) is 36.2. The number of nitrogens with zero attached hydrogens (tertiary/aromatic N) is 2. The number of fused-ring (bicyclic) bond motifs is 3. The van der Waals surface area contributed by atoms with Gasteiger partial charge in [-0.1, -0.05) is 218 Å². The van der Waals surface area contributed by atoms with Crippen molar-refractivity contribution < 1.29 is 0 Å². The summed E-state index contributed by atoms with van der Waals surface area (Å²) in [6.07, 6.45) is 0. The van der Waals surface area contributed by atoms with Gasteiger partial charge in [0.05, 0.1) is 16.8 Å². The van der Waals surface area contributed by atoms with Crippen LogP contribution < -0.4 is 0 Å². The molecule has 2 heteroatoms. The van der Waals surface area contributed by atoms with Crippen LogP contribution in [0, 0.1) is 0 Å². The fraction of sp³-hybridized carbons (Fsp3) is 0.0169. The number of rotatable bonds is 8. The number of benzene rings is 9. The van der Waals surface area contributed by atoms with Crippen molar-refractivity contribution in [2.45, 2.75) is 5.41 Å². The molecule has 1 aromatic heterocycles. The monoisotopic (exact) mass is 776 g/mol. The lowest BCUT2D eigenvalue weighted by atomic mass is 9.67. The highest BCUT2D eigenvalue weighted by Gasteiger charge is 2.46. The van der Waals surface area contributed by atoms with Gasteiger partial charge in [-0.2, -0.15) is 0 Å². The minimum Gasteiger partial charge on any atom is -0.228 e. The summed E-state index contributed by atoms with van der Waals surface area (Å²) in [4.78, 5) is 10.8. The van der Waals surface area contributed by atoms with Crippen LogP contribution >= 0.6 is 0 Å². The highest BCUT2D eigenvalue weighted by atomic mass is 14.9. The van der Waals surface area contributed by atoms with Crippen LogP contribution in [-0.4, -0.2) is 9.97 Å². The van der Waals surface area contributed by atoms with E-state index in [1.165, 1.54) is 33.4 Å². The van der Waals surface area contributed by atoms with Gasteiger partial charge in [-0.3, -0.25) is 0 Å². The fourth-order valence-corrected chi connectivity index (χ4v) is 9.46. The van der Waals surface area contributed by atoms with Crippen molar-refractivity contribution in [2.75, 3.05) is 0 Å². The van der Waals surface area contributed by atoms with Crippen LogP contribution in [0.1, 0.15) is 22.3 Å². The van der Waals surface area contributed by atoms with E-state index in [0.29, 0.717) is 5.82 Å². The Labute approximate surface area is 357 Å². The van der Waals surface area contributed by atoms with Crippen LogP contribution in [0.25, 0.3) is 78.4 Å². The Morgan fingerprint density at radius 3 is 1.25 bits per heavy atom. The zero-order chi connectivity index (χ0) is 40.6. The van der Waals surface area contributed by atoms with E-state index < -0.39 is 5.41 Å². The molecule has 1 heterocycles. The van der Waals surface area contributed by atoms with Crippen molar-refractivity contribution in [1.29, 1.82) is 0 Å². The minimum absolute atomic E-state index is 0.480. The lowest BCUT2D eigenvalue weighted by Gasteiger charge is -2.34. The van der Waals surface area contributed by atoms with Gasteiger partial charge >= 0.3 is 0 Å². The summed E-state index contributed by atoms with van der Waals surface area (Å²) in [5.41, 5.74) is 18.6. The van der Waals surface area contributed by atoms with Crippen LogP contribution in [0.15, 0.2) is 243 Å². The lowest BCUT2D eigenvalue weighted by molar-refractivity contribution is 0.768. The largest absolute Gasteiger partial charge is 0.228 e. The van der Waals surface area contributed by atoms with Crippen LogP contribution in [0.5, 0.6) is 0 Å². The van der Waals surface area contributed by atoms with Gasteiger partial charge in [0.15, 0.2) is 5.82 Å². The van der Waals surface area contributed by atoms with E-state index in [0.717, 1.165) is 61.5 Å². The van der Waals surface area contributed by atoms with E-state index in [1.807, 2.05) is 12.1 Å². The zero-order valence-electron chi connectivity index (χ0n) is 33.5. The molecule has 0 amide bonds. The Bertz CT molecular complexity index is 3050. The molecule has 0 atom stereocenters. The molecule has 0 radical (unpaired) electrons. The third-order valence-corrected chi connectivity index (χ3v) is 12.2. The Hall–Kier alpha value is -7.94. The predicted octanol–water partition coefficient (Wildman–Crippen LogP) is 14.8. The van der Waals surface area contributed by atoms with E-state index in [9.17, 15) is 0 Å².